The number of carbonyl (C=O) groups is 1. The molecule has 7 heteroatoms. The summed E-state index contributed by atoms with van der Waals surface area (Å²) in [5.74, 6) is -0.826. The second-order valence-corrected chi connectivity index (χ2v) is 6.41. The summed E-state index contributed by atoms with van der Waals surface area (Å²) in [5.41, 5.74) is -0.560. The average molecular weight is 306 g/mol. The van der Waals surface area contributed by atoms with Gasteiger partial charge in [-0.15, -0.1) is 0 Å². The molecule has 0 atom stereocenters. The van der Waals surface area contributed by atoms with Crippen LogP contribution in [0, 0.1) is 0 Å². The molecule has 110 valence electrons. The number of hydrogen-bond donors (Lipinski definition) is 2. The molecule has 1 aromatic heterocycles. The van der Waals surface area contributed by atoms with Crippen molar-refractivity contribution in [3.63, 3.8) is 0 Å². The highest BCUT2D eigenvalue weighted by Gasteiger charge is 2.15. The summed E-state index contributed by atoms with van der Waals surface area (Å²) in [6.07, 6.45) is 1.42. The molecule has 1 heterocycles. The number of hydrogen-bond acceptors (Lipinski definition) is 4. The first-order chi connectivity index (χ1) is 10.0. The quantitative estimate of drug-likeness (QED) is 0.844. The van der Waals surface area contributed by atoms with Gasteiger partial charge < -0.3 is 10.3 Å². The zero-order valence-corrected chi connectivity index (χ0v) is 11.9. The zero-order chi connectivity index (χ0) is 15.3. The molecular formula is C14H14N2O4S. The Morgan fingerprint density at radius 3 is 2.48 bits per heavy atom. The van der Waals surface area contributed by atoms with Crippen molar-refractivity contribution >= 4 is 15.7 Å². The molecule has 0 radical (unpaired) electrons. The number of nitrogens with one attached hydrogen (secondary N) is 2. The molecule has 0 bridgehead atoms. The van der Waals surface area contributed by atoms with E-state index in [0.717, 1.165) is 0 Å². The molecule has 1 aromatic carbocycles. The van der Waals surface area contributed by atoms with Crippen LogP contribution in [0.1, 0.15) is 10.4 Å². The summed E-state index contributed by atoms with van der Waals surface area (Å²) in [4.78, 5) is 25.8. The average Bonchev–Trinajstić information content (AvgIpc) is 2.48. The summed E-state index contributed by atoms with van der Waals surface area (Å²) < 4.78 is 24.0. The van der Waals surface area contributed by atoms with Gasteiger partial charge in [0.05, 0.1) is 10.6 Å². The first kappa shape index (κ1) is 15.0. The third-order valence-corrected chi connectivity index (χ3v) is 4.55. The maximum atomic E-state index is 12.0. The smallest absolute Gasteiger partial charge is 0.260 e. The van der Waals surface area contributed by atoms with Gasteiger partial charge in [0.15, 0.2) is 9.84 Å². The molecule has 0 saturated heterocycles. The third kappa shape index (κ3) is 3.79. The Morgan fingerprint density at radius 1 is 1.10 bits per heavy atom. The van der Waals surface area contributed by atoms with Gasteiger partial charge in [0.25, 0.3) is 11.5 Å². The second kappa shape index (κ2) is 6.36. The summed E-state index contributed by atoms with van der Waals surface area (Å²) in [7, 11) is -3.45. The van der Waals surface area contributed by atoms with Gasteiger partial charge in [-0.25, -0.2) is 8.42 Å². The first-order valence-electron chi connectivity index (χ1n) is 6.24. The number of sulfone groups is 1. The van der Waals surface area contributed by atoms with Gasteiger partial charge in [-0.3, -0.25) is 9.59 Å². The molecular weight excluding hydrogens is 292 g/mol. The van der Waals surface area contributed by atoms with Crippen molar-refractivity contribution < 1.29 is 13.2 Å². The van der Waals surface area contributed by atoms with Gasteiger partial charge in [0, 0.05) is 12.7 Å². The van der Waals surface area contributed by atoms with Gasteiger partial charge in [-0.05, 0) is 24.3 Å². The van der Waals surface area contributed by atoms with Crippen LogP contribution in [0.2, 0.25) is 0 Å². The van der Waals surface area contributed by atoms with Crippen LogP contribution in [0.25, 0.3) is 0 Å². The Labute approximate surface area is 121 Å². The van der Waals surface area contributed by atoms with Crippen LogP contribution in [0.5, 0.6) is 0 Å². The molecule has 0 fully saturated rings. The number of carbonyl (C=O) groups excluding carboxylic acids is 1. The Morgan fingerprint density at radius 2 is 1.81 bits per heavy atom. The summed E-state index contributed by atoms with van der Waals surface area (Å²) in [5, 5.41) is 2.43. The largest absolute Gasteiger partial charge is 0.351 e. The topological polar surface area (TPSA) is 96.1 Å². The van der Waals surface area contributed by atoms with Crippen molar-refractivity contribution in [3.05, 3.63) is 64.6 Å². The van der Waals surface area contributed by atoms with Crippen LogP contribution < -0.4 is 10.9 Å². The number of H-pyrrole nitrogens is 1. The molecule has 21 heavy (non-hydrogen) atoms. The highest BCUT2D eigenvalue weighted by atomic mass is 32.2. The van der Waals surface area contributed by atoms with E-state index >= 15 is 0 Å². The maximum absolute atomic E-state index is 12.0. The van der Waals surface area contributed by atoms with E-state index in [4.69, 9.17) is 0 Å². The Hall–Kier alpha value is -2.41. The summed E-state index contributed by atoms with van der Waals surface area (Å²) in [6, 6.07) is 10.9. The van der Waals surface area contributed by atoms with Crippen molar-refractivity contribution in [3.8, 4) is 0 Å². The fraction of sp³-hybridized carbons (Fsp3) is 0.143. The second-order valence-electron chi connectivity index (χ2n) is 4.30. The molecule has 2 N–H and O–H groups in total. The van der Waals surface area contributed by atoms with E-state index in [9.17, 15) is 18.0 Å². The molecule has 6 nitrogen and oxygen atoms in total. The number of amides is 1. The van der Waals surface area contributed by atoms with Crippen LogP contribution in [-0.2, 0) is 9.84 Å². The van der Waals surface area contributed by atoms with E-state index in [-0.39, 0.29) is 22.8 Å². The van der Waals surface area contributed by atoms with E-state index in [2.05, 4.69) is 10.3 Å². The molecule has 0 aliphatic carbocycles. The summed E-state index contributed by atoms with van der Waals surface area (Å²) in [6.45, 7) is -0.0651. The van der Waals surface area contributed by atoms with Crippen LogP contribution >= 0.6 is 0 Å². The fourth-order valence-corrected chi connectivity index (χ4v) is 2.92. The lowest BCUT2D eigenvalue weighted by molar-refractivity contribution is 0.0954. The van der Waals surface area contributed by atoms with Crippen LogP contribution in [0.4, 0.5) is 0 Å². The normalized spacial score (nSPS) is 11.0. The Balaban J connectivity index is 1.98. The standard InChI is InChI=1S/C14H14N2O4S/c17-13-12(7-4-8-15-13)14(18)16-9-10-21(19,20)11-5-2-1-3-6-11/h1-8H,9-10H2,(H,15,17)(H,16,18). The minimum atomic E-state index is -3.45. The van der Waals surface area contributed by atoms with E-state index in [1.165, 1.54) is 30.5 Å². The van der Waals surface area contributed by atoms with Gasteiger partial charge in [0.1, 0.15) is 5.56 Å². The summed E-state index contributed by atoms with van der Waals surface area (Å²) >= 11 is 0. The Bertz CT molecular complexity index is 782. The van der Waals surface area contributed by atoms with Gasteiger partial charge in [-0.2, -0.15) is 0 Å². The predicted octanol–water partition coefficient (Wildman–Crippen LogP) is 0.579. The number of aromatic amines is 1. The lowest BCUT2D eigenvalue weighted by Gasteiger charge is -2.06. The van der Waals surface area contributed by atoms with Crippen LogP contribution in [0.15, 0.2) is 58.4 Å². The first-order valence-corrected chi connectivity index (χ1v) is 7.89. The molecule has 2 rings (SSSR count). The van der Waals surface area contributed by atoms with Crippen LogP contribution in [0.3, 0.4) is 0 Å². The highest BCUT2D eigenvalue weighted by molar-refractivity contribution is 7.91. The Kier molecular flexibility index (Phi) is 4.54. The lowest BCUT2D eigenvalue weighted by Crippen LogP contribution is -2.32. The number of aromatic nitrogens is 1. The van der Waals surface area contributed by atoms with E-state index < -0.39 is 21.3 Å². The number of benzene rings is 1. The highest BCUT2D eigenvalue weighted by Crippen LogP contribution is 2.09. The number of pyridine rings is 1. The minimum absolute atomic E-state index is 0.0467. The monoisotopic (exact) mass is 306 g/mol. The maximum Gasteiger partial charge on any atom is 0.260 e. The zero-order valence-electron chi connectivity index (χ0n) is 11.1. The van der Waals surface area contributed by atoms with Gasteiger partial charge >= 0.3 is 0 Å². The minimum Gasteiger partial charge on any atom is -0.351 e. The third-order valence-electron chi connectivity index (χ3n) is 2.82. The lowest BCUT2D eigenvalue weighted by atomic mass is 10.2. The van der Waals surface area contributed by atoms with Gasteiger partial charge in [-0.1, -0.05) is 18.2 Å². The predicted molar refractivity (Wildman–Crippen MR) is 77.9 cm³/mol. The SMILES string of the molecule is O=C(NCCS(=O)(=O)c1ccccc1)c1ccc[nH]c1=O. The molecule has 2 aromatic rings. The van der Waals surface area contributed by atoms with Crippen LogP contribution in [-0.4, -0.2) is 31.6 Å². The molecule has 0 unspecified atom stereocenters. The molecule has 0 saturated carbocycles. The van der Waals surface area contributed by atoms with Crippen molar-refractivity contribution in [1.29, 1.82) is 0 Å². The van der Waals surface area contributed by atoms with Gasteiger partial charge in [0.2, 0.25) is 0 Å². The van der Waals surface area contributed by atoms with Crippen molar-refractivity contribution in [2.24, 2.45) is 0 Å². The molecule has 0 spiro atoms. The fourth-order valence-electron chi connectivity index (χ4n) is 1.74. The number of rotatable bonds is 5. The van der Waals surface area contributed by atoms with Crippen molar-refractivity contribution in [2.75, 3.05) is 12.3 Å². The molecule has 0 aliphatic heterocycles. The van der Waals surface area contributed by atoms with E-state index in [0.29, 0.717) is 0 Å². The van der Waals surface area contributed by atoms with Crippen molar-refractivity contribution in [2.45, 2.75) is 4.90 Å². The van der Waals surface area contributed by atoms with E-state index in [1.54, 1.807) is 18.2 Å². The van der Waals surface area contributed by atoms with Crippen molar-refractivity contribution in [1.82, 2.24) is 10.3 Å². The molecule has 0 aliphatic rings. The molecule has 1 amide bonds. The van der Waals surface area contributed by atoms with E-state index in [1.807, 2.05) is 0 Å².